The van der Waals surface area contributed by atoms with Gasteiger partial charge >= 0.3 is 12.4 Å². The minimum absolute atomic E-state index is 0.0193. The summed E-state index contributed by atoms with van der Waals surface area (Å²) in [6.07, 6.45) is -12.3. The number of methoxy groups -OCH3 is 1. The van der Waals surface area contributed by atoms with E-state index in [2.05, 4.69) is 0 Å². The van der Waals surface area contributed by atoms with E-state index in [0.717, 1.165) is 23.5 Å². The lowest BCUT2D eigenvalue weighted by Crippen LogP contribution is -2.54. The Balaban J connectivity index is 2.32. The third-order valence-corrected chi connectivity index (χ3v) is 6.85. The second-order valence-corrected chi connectivity index (χ2v) is 8.73. The molecule has 4 nitrogen and oxygen atoms in total. The van der Waals surface area contributed by atoms with Crippen LogP contribution < -0.4 is 4.74 Å². The van der Waals surface area contributed by atoms with E-state index >= 15 is 0 Å². The van der Waals surface area contributed by atoms with Gasteiger partial charge in [0.15, 0.2) is 5.06 Å². The lowest BCUT2D eigenvalue weighted by Gasteiger charge is -2.35. The van der Waals surface area contributed by atoms with Crippen LogP contribution in [0.4, 0.5) is 26.3 Å². The first-order valence-electron chi connectivity index (χ1n) is 10.3. The van der Waals surface area contributed by atoms with E-state index in [1.807, 2.05) is 0 Å². The second-order valence-electron chi connectivity index (χ2n) is 7.71. The summed E-state index contributed by atoms with van der Waals surface area (Å²) in [5.41, 5.74) is -5.39. The van der Waals surface area contributed by atoms with Gasteiger partial charge in [0.1, 0.15) is 0 Å². The zero-order valence-corrected chi connectivity index (χ0v) is 19.4. The van der Waals surface area contributed by atoms with E-state index in [1.54, 1.807) is 18.2 Å². The van der Waals surface area contributed by atoms with Crippen LogP contribution >= 0.6 is 11.3 Å². The Morgan fingerprint density at radius 2 is 1.46 bits per heavy atom. The maximum atomic E-state index is 13.8. The zero-order chi connectivity index (χ0) is 26.2. The molecule has 3 aromatic rings. The molecule has 0 fully saturated rings. The molecule has 0 aliphatic heterocycles. The van der Waals surface area contributed by atoms with Gasteiger partial charge < -0.3 is 20.1 Å². The highest BCUT2D eigenvalue weighted by Gasteiger charge is 2.72. The highest BCUT2D eigenvalue weighted by atomic mass is 32.1. The molecule has 0 radical (unpaired) electrons. The molecule has 190 valence electrons. The fourth-order valence-electron chi connectivity index (χ4n) is 3.93. The van der Waals surface area contributed by atoms with Crippen molar-refractivity contribution in [3.63, 3.8) is 0 Å². The highest BCUT2D eigenvalue weighted by molar-refractivity contribution is 7.17. The van der Waals surface area contributed by atoms with Gasteiger partial charge in [-0.25, -0.2) is 0 Å². The van der Waals surface area contributed by atoms with Crippen LogP contribution in [0.5, 0.6) is 5.06 Å². The first-order valence-corrected chi connectivity index (χ1v) is 11.2. The maximum absolute atomic E-state index is 13.8. The third-order valence-electron chi connectivity index (χ3n) is 5.72. The fourth-order valence-corrected chi connectivity index (χ4v) is 4.95. The average molecular weight is 520 g/mol. The van der Waals surface area contributed by atoms with Crippen molar-refractivity contribution in [1.29, 1.82) is 0 Å². The van der Waals surface area contributed by atoms with E-state index in [-0.39, 0.29) is 28.5 Å². The van der Waals surface area contributed by atoms with Gasteiger partial charge in [0, 0.05) is 16.0 Å². The predicted molar refractivity (Wildman–Crippen MR) is 119 cm³/mol. The van der Waals surface area contributed by atoms with Crippen molar-refractivity contribution < 1.29 is 46.4 Å². The largest absolute Gasteiger partial charge is 0.487 e. The molecule has 2 aromatic carbocycles. The molecule has 0 saturated heterocycles. The van der Waals surface area contributed by atoms with Gasteiger partial charge in [0.25, 0.3) is 5.60 Å². The van der Waals surface area contributed by atoms with Gasteiger partial charge in [0.2, 0.25) is 0 Å². The number of benzene rings is 2. The molecule has 1 aromatic heterocycles. The van der Waals surface area contributed by atoms with E-state index in [0.29, 0.717) is 22.3 Å². The van der Waals surface area contributed by atoms with Crippen LogP contribution in [-0.4, -0.2) is 34.8 Å². The number of aliphatic hydroxyl groups excluding tert-OH is 2. The molecule has 0 bridgehead atoms. The predicted octanol–water partition coefficient (Wildman–Crippen LogP) is 5.95. The molecule has 0 aliphatic carbocycles. The molecule has 0 amide bonds. The highest BCUT2D eigenvalue weighted by Crippen LogP contribution is 2.55. The van der Waals surface area contributed by atoms with Crippen LogP contribution in [0.25, 0.3) is 21.6 Å². The Hall–Kier alpha value is -2.60. The van der Waals surface area contributed by atoms with E-state index in [9.17, 15) is 41.7 Å². The number of hydrogen-bond acceptors (Lipinski definition) is 5. The van der Waals surface area contributed by atoms with Crippen LogP contribution in [-0.2, 0) is 25.2 Å². The topological polar surface area (TPSA) is 69.9 Å². The van der Waals surface area contributed by atoms with Crippen molar-refractivity contribution in [2.75, 3.05) is 7.11 Å². The quantitative estimate of drug-likeness (QED) is 0.337. The summed E-state index contributed by atoms with van der Waals surface area (Å²) >= 11 is 0.822. The van der Waals surface area contributed by atoms with Gasteiger partial charge in [-0.1, -0.05) is 48.6 Å². The van der Waals surface area contributed by atoms with Gasteiger partial charge in [-0.15, -0.1) is 0 Å². The number of hydrogen-bond donors (Lipinski definition) is 3. The molecular formula is C24H22F6O4S. The summed E-state index contributed by atoms with van der Waals surface area (Å²) in [6, 6.07) is 9.61. The van der Waals surface area contributed by atoms with Crippen LogP contribution in [0.1, 0.15) is 29.2 Å². The Bertz CT molecular complexity index is 1190. The van der Waals surface area contributed by atoms with Crippen LogP contribution in [0.2, 0.25) is 0 Å². The Morgan fingerprint density at radius 1 is 0.829 bits per heavy atom. The zero-order valence-electron chi connectivity index (χ0n) is 18.6. The number of aryl methyl sites for hydroxylation is 1. The molecule has 3 rings (SSSR count). The average Bonchev–Trinajstić information content (AvgIpc) is 3.25. The molecule has 11 heteroatoms. The number of thiophene rings is 1. The van der Waals surface area contributed by atoms with E-state index < -0.39 is 35.7 Å². The summed E-state index contributed by atoms with van der Waals surface area (Å²) in [5.74, 6) is 0. The minimum atomic E-state index is -6.04. The molecule has 0 saturated carbocycles. The number of alkyl halides is 6. The summed E-state index contributed by atoms with van der Waals surface area (Å²) in [5, 5.41) is 29.5. The van der Waals surface area contributed by atoms with Crippen molar-refractivity contribution in [3.8, 4) is 26.6 Å². The van der Waals surface area contributed by atoms with Gasteiger partial charge in [0.05, 0.1) is 20.3 Å². The number of rotatable bonds is 7. The molecule has 0 spiro atoms. The normalized spacial score (nSPS) is 12.8. The van der Waals surface area contributed by atoms with Crippen LogP contribution in [0.3, 0.4) is 0 Å². The van der Waals surface area contributed by atoms with Crippen LogP contribution in [0.15, 0.2) is 42.5 Å². The molecule has 0 unspecified atom stereocenters. The van der Waals surface area contributed by atoms with Gasteiger partial charge in [-0.2, -0.15) is 26.3 Å². The van der Waals surface area contributed by atoms with Crippen molar-refractivity contribution in [2.24, 2.45) is 0 Å². The Labute approximate surface area is 201 Å². The smallest absolute Gasteiger partial charge is 0.430 e. The van der Waals surface area contributed by atoms with E-state index in [1.165, 1.54) is 26.2 Å². The summed E-state index contributed by atoms with van der Waals surface area (Å²) in [7, 11) is 1.30. The molecule has 0 aliphatic rings. The monoisotopic (exact) mass is 520 g/mol. The Morgan fingerprint density at radius 3 is 1.97 bits per heavy atom. The lowest BCUT2D eigenvalue weighted by molar-refractivity contribution is -0.376. The standard InChI is InChI=1S/C24H22F6O4S/c1-3-13-5-4-6-17(20(13)22(33,23(25,26)27)24(28,29)30)19-10-18(21(34-2)35-19)14-7-8-15(11-31)16(9-14)12-32/h4-10,31-33H,3,11-12H2,1-2H3. The van der Waals surface area contributed by atoms with Gasteiger partial charge in [-0.3, -0.25) is 0 Å². The maximum Gasteiger partial charge on any atom is 0.430 e. The number of aliphatic hydroxyl groups is 3. The lowest BCUT2D eigenvalue weighted by atomic mass is 9.83. The summed E-state index contributed by atoms with van der Waals surface area (Å²) in [6.45, 7) is 0.675. The minimum Gasteiger partial charge on any atom is -0.487 e. The number of halogens is 6. The summed E-state index contributed by atoms with van der Waals surface area (Å²) in [4.78, 5) is 0.0193. The van der Waals surface area contributed by atoms with Gasteiger partial charge in [-0.05, 0) is 46.4 Å². The molecule has 3 N–H and O–H groups in total. The summed E-state index contributed by atoms with van der Waals surface area (Å²) < 4.78 is 88.3. The molecular weight excluding hydrogens is 498 g/mol. The molecule has 0 atom stereocenters. The molecule has 35 heavy (non-hydrogen) atoms. The van der Waals surface area contributed by atoms with Crippen LogP contribution in [0, 0.1) is 0 Å². The number of ether oxygens (including phenoxy) is 1. The molecule has 1 heterocycles. The van der Waals surface area contributed by atoms with Crippen molar-refractivity contribution in [1.82, 2.24) is 0 Å². The SMILES string of the molecule is CCc1cccc(-c2cc(-c3ccc(CO)c(CO)c3)c(OC)s2)c1C(O)(C(F)(F)F)C(F)(F)F. The Kier molecular flexibility index (Phi) is 7.56. The first-order chi connectivity index (χ1) is 16.3. The van der Waals surface area contributed by atoms with E-state index in [4.69, 9.17) is 4.74 Å². The van der Waals surface area contributed by atoms with Crippen molar-refractivity contribution in [3.05, 3.63) is 64.7 Å². The van der Waals surface area contributed by atoms with Crippen molar-refractivity contribution >= 4 is 11.3 Å². The fraction of sp³-hybridized carbons (Fsp3) is 0.333. The van der Waals surface area contributed by atoms with Crippen molar-refractivity contribution in [2.45, 2.75) is 44.5 Å². The second kappa shape index (κ2) is 9.81. The third kappa shape index (κ3) is 4.65. The first kappa shape index (κ1) is 27.0.